The lowest BCUT2D eigenvalue weighted by molar-refractivity contribution is 0.0955. The van der Waals surface area contributed by atoms with Crippen LogP contribution in [0.25, 0.3) is 0 Å². The second kappa shape index (κ2) is 6.27. The maximum absolute atomic E-state index is 11.9. The molecule has 0 spiro atoms. The minimum atomic E-state index is -0.388. The highest BCUT2D eigenvalue weighted by atomic mass is 16.7. The van der Waals surface area contributed by atoms with Gasteiger partial charge in [0.25, 0.3) is 5.91 Å². The Morgan fingerprint density at radius 3 is 2.65 bits per heavy atom. The molecule has 1 aliphatic rings. The molecule has 0 bridgehead atoms. The molecule has 7 nitrogen and oxygen atoms in total. The molecular formula is C16H14N2O5. The van der Waals surface area contributed by atoms with Crippen LogP contribution in [-0.2, 0) is 0 Å². The Balaban J connectivity index is 1.73. The molecule has 0 saturated carbocycles. The Bertz CT molecular complexity index is 756. The van der Waals surface area contributed by atoms with Crippen molar-refractivity contribution in [3.05, 3.63) is 47.5 Å². The molecule has 0 atom stereocenters. The van der Waals surface area contributed by atoms with E-state index >= 15 is 0 Å². The highest BCUT2D eigenvalue weighted by Gasteiger charge is 2.17. The molecule has 1 heterocycles. The molecule has 7 heteroatoms. The van der Waals surface area contributed by atoms with Crippen LogP contribution in [0.5, 0.6) is 23.0 Å². The maximum atomic E-state index is 11.9. The van der Waals surface area contributed by atoms with Gasteiger partial charge in [0, 0.05) is 17.2 Å². The van der Waals surface area contributed by atoms with Gasteiger partial charge in [0.15, 0.2) is 11.5 Å². The molecule has 2 aromatic rings. The van der Waals surface area contributed by atoms with E-state index in [1.807, 2.05) is 0 Å². The monoisotopic (exact) mass is 314 g/mol. The van der Waals surface area contributed by atoms with Gasteiger partial charge in [-0.15, -0.1) is 0 Å². The standard InChI is InChI=1S/C16H14N2O5/c1-21-13-7-15-14(22-9-23-15)6-11(13)8-17-18-16(20)10-2-4-12(19)5-3-10/h2-8,19H,9H2,1H3,(H,18,20)/b17-8+. The van der Waals surface area contributed by atoms with E-state index in [1.54, 1.807) is 12.1 Å². The number of phenolic OH excluding ortho intramolecular Hbond substituents is 1. The highest BCUT2D eigenvalue weighted by molar-refractivity contribution is 5.95. The lowest BCUT2D eigenvalue weighted by atomic mass is 10.2. The van der Waals surface area contributed by atoms with Crippen molar-refractivity contribution in [2.24, 2.45) is 5.10 Å². The van der Waals surface area contributed by atoms with Crippen molar-refractivity contribution >= 4 is 12.1 Å². The quantitative estimate of drug-likeness (QED) is 0.664. The van der Waals surface area contributed by atoms with Crippen molar-refractivity contribution in [3.8, 4) is 23.0 Å². The maximum Gasteiger partial charge on any atom is 0.271 e. The van der Waals surface area contributed by atoms with Crippen molar-refractivity contribution < 1.29 is 24.1 Å². The van der Waals surface area contributed by atoms with Crippen molar-refractivity contribution in [2.75, 3.05) is 13.9 Å². The zero-order valence-electron chi connectivity index (χ0n) is 12.3. The zero-order valence-corrected chi connectivity index (χ0v) is 12.3. The van der Waals surface area contributed by atoms with Gasteiger partial charge in [0.2, 0.25) is 6.79 Å². The van der Waals surface area contributed by atoms with Crippen LogP contribution in [-0.4, -0.2) is 31.1 Å². The molecule has 1 aliphatic heterocycles. The molecule has 0 unspecified atom stereocenters. The van der Waals surface area contributed by atoms with Crippen LogP contribution in [0, 0.1) is 0 Å². The summed E-state index contributed by atoms with van der Waals surface area (Å²) in [4.78, 5) is 11.9. The van der Waals surface area contributed by atoms with Gasteiger partial charge < -0.3 is 19.3 Å². The number of phenols is 1. The number of carbonyl (C=O) groups excluding carboxylic acids is 1. The fraction of sp³-hybridized carbons (Fsp3) is 0.125. The summed E-state index contributed by atoms with van der Waals surface area (Å²) in [5.41, 5.74) is 3.44. The minimum absolute atomic E-state index is 0.0927. The first-order valence-corrected chi connectivity index (χ1v) is 6.77. The first-order chi connectivity index (χ1) is 11.2. The number of nitrogens with zero attached hydrogens (tertiary/aromatic N) is 1. The van der Waals surface area contributed by atoms with E-state index in [9.17, 15) is 9.90 Å². The Morgan fingerprint density at radius 1 is 1.26 bits per heavy atom. The van der Waals surface area contributed by atoms with Crippen molar-refractivity contribution in [2.45, 2.75) is 0 Å². The Labute approximate surface area is 132 Å². The van der Waals surface area contributed by atoms with E-state index < -0.39 is 0 Å². The largest absolute Gasteiger partial charge is 0.508 e. The average molecular weight is 314 g/mol. The predicted molar refractivity (Wildman–Crippen MR) is 82.3 cm³/mol. The fourth-order valence-electron chi connectivity index (χ4n) is 2.05. The van der Waals surface area contributed by atoms with Crippen LogP contribution in [0.3, 0.4) is 0 Å². The lowest BCUT2D eigenvalue weighted by Gasteiger charge is -2.06. The summed E-state index contributed by atoms with van der Waals surface area (Å²) >= 11 is 0. The molecule has 0 saturated heterocycles. The second-order valence-electron chi connectivity index (χ2n) is 4.69. The van der Waals surface area contributed by atoms with Crippen molar-refractivity contribution in [3.63, 3.8) is 0 Å². The third-order valence-corrected chi connectivity index (χ3v) is 3.22. The summed E-state index contributed by atoms with van der Waals surface area (Å²) in [5.74, 6) is 1.46. The normalized spacial score (nSPS) is 12.4. The summed E-state index contributed by atoms with van der Waals surface area (Å²) in [5, 5.41) is 13.1. The lowest BCUT2D eigenvalue weighted by Crippen LogP contribution is -2.17. The van der Waals surface area contributed by atoms with Crippen LogP contribution >= 0.6 is 0 Å². The SMILES string of the molecule is COc1cc2c(cc1/C=N/NC(=O)c1ccc(O)cc1)OCO2. The summed E-state index contributed by atoms with van der Waals surface area (Å²) < 4.78 is 15.8. The highest BCUT2D eigenvalue weighted by Crippen LogP contribution is 2.37. The van der Waals surface area contributed by atoms with Gasteiger partial charge in [-0.3, -0.25) is 4.79 Å². The van der Waals surface area contributed by atoms with Crippen molar-refractivity contribution in [1.82, 2.24) is 5.43 Å². The summed E-state index contributed by atoms with van der Waals surface area (Å²) in [6, 6.07) is 9.28. The molecule has 2 N–H and O–H groups in total. The Morgan fingerprint density at radius 2 is 1.96 bits per heavy atom. The number of amides is 1. The number of ether oxygens (including phenoxy) is 3. The number of carbonyl (C=O) groups is 1. The molecule has 0 radical (unpaired) electrons. The number of rotatable bonds is 4. The smallest absolute Gasteiger partial charge is 0.271 e. The van der Waals surface area contributed by atoms with E-state index in [0.717, 1.165) is 0 Å². The molecular weight excluding hydrogens is 300 g/mol. The fourth-order valence-corrected chi connectivity index (χ4v) is 2.05. The number of nitrogens with one attached hydrogen (secondary N) is 1. The second-order valence-corrected chi connectivity index (χ2v) is 4.69. The van der Waals surface area contributed by atoms with E-state index in [4.69, 9.17) is 14.2 Å². The van der Waals surface area contributed by atoms with Crippen LogP contribution < -0.4 is 19.6 Å². The van der Waals surface area contributed by atoms with Gasteiger partial charge in [0.05, 0.1) is 13.3 Å². The molecule has 118 valence electrons. The minimum Gasteiger partial charge on any atom is -0.508 e. The Hall–Kier alpha value is -3.22. The molecule has 23 heavy (non-hydrogen) atoms. The molecule has 0 fully saturated rings. The first-order valence-electron chi connectivity index (χ1n) is 6.77. The van der Waals surface area contributed by atoms with E-state index in [1.165, 1.54) is 37.6 Å². The van der Waals surface area contributed by atoms with Gasteiger partial charge in [-0.2, -0.15) is 5.10 Å². The predicted octanol–water partition coefficient (Wildman–Crippen LogP) is 1.89. The average Bonchev–Trinajstić information content (AvgIpc) is 3.01. The Kier molecular flexibility index (Phi) is 4.01. The summed E-state index contributed by atoms with van der Waals surface area (Å²) in [6.45, 7) is 0.163. The molecule has 0 aliphatic carbocycles. The third kappa shape index (κ3) is 3.18. The number of hydrogen-bond donors (Lipinski definition) is 2. The number of fused-ring (bicyclic) bond motifs is 1. The van der Waals surface area contributed by atoms with E-state index in [2.05, 4.69) is 10.5 Å². The van der Waals surface area contributed by atoms with Gasteiger partial charge >= 0.3 is 0 Å². The number of hydrazone groups is 1. The third-order valence-electron chi connectivity index (χ3n) is 3.22. The van der Waals surface area contributed by atoms with Crippen LogP contribution in [0.15, 0.2) is 41.5 Å². The van der Waals surface area contributed by atoms with E-state index in [-0.39, 0.29) is 18.4 Å². The van der Waals surface area contributed by atoms with Crippen molar-refractivity contribution in [1.29, 1.82) is 0 Å². The van der Waals surface area contributed by atoms with Crippen LogP contribution in [0.1, 0.15) is 15.9 Å². The summed E-state index contributed by atoms with van der Waals surface area (Å²) in [7, 11) is 1.53. The van der Waals surface area contributed by atoms with Crippen LogP contribution in [0.4, 0.5) is 0 Å². The van der Waals surface area contributed by atoms with E-state index in [0.29, 0.717) is 28.4 Å². The van der Waals surface area contributed by atoms with Gasteiger partial charge in [-0.1, -0.05) is 0 Å². The first kappa shape index (κ1) is 14.7. The molecule has 0 aromatic heterocycles. The summed E-state index contributed by atoms with van der Waals surface area (Å²) in [6.07, 6.45) is 1.46. The van der Waals surface area contributed by atoms with Gasteiger partial charge in [-0.25, -0.2) is 5.43 Å². The molecule has 2 aromatic carbocycles. The number of aromatic hydroxyl groups is 1. The molecule has 3 rings (SSSR count). The number of methoxy groups -OCH3 is 1. The van der Waals surface area contributed by atoms with Gasteiger partial charge in [0.1, 0.15) is 11.5 Å². The number of hydrogen-bond acceptors (Lipinski definition) is 6. The number of benzene rings is 2. The molecule has 1 amide bonds. The van der Waals surface area contributed by atoms with Gasteiger partial charge in [-0.05, 0) is 30.3 Å². The zero-order chi connectivity index (χ0) is 16.2. The van der Waals surface area contributed by atoms with Crippen LogP contribution in [0.2, 0.25) is 0 Å². The topological polar surface area (TPSA) is 89.4 Å².